The molecule has 0 spiro atoms. The summed E-state index contributed by atoms with van der Waals surface area (Å²) in [6, 6.07) is 1.45. The quantitative estimate of drug-likeness (QED) is 0.649. The lowest BCUT2D eigenvalue weighted by Gasteiger charge is -2.18. The molecule has 0 aromatic carbocycles. The van der Waals surface area contributed by atoms with Crippen LogP contribution >= 0.6 is 6.89 Å². The molecule has 0 radical (unpaired) electrons. The van der Waals surface area contributed by atoms with Crippen LogP contribution in [0.25, 0.3) is 0 Å². The van der Waals surface area contributed by atoms with Gasteiger partial charge in [-0.2, -0.15) is 4.98 Å². The Morgan fingerprint density at radius 2 is 2.14 bits per heavy atom. The van der Waals surface area contributed by atoms with Gasteiger partial charge in [0.25, 0.3) is 0 Å². The van der Waals surface area contributed by atoms with Crippen LogP contribution in [-0.4, -0.2) is 63.9 Å². The van der Waals surface area contributed by atoms with Crippen LogP contribution in [-0.2, 0) is 4.74 Å². The highest BCUT2D eigenvalue weighted by Crippen LogP contribution is 2.39. The van der Waals surface area contributed by atoms with Crippen LogP contribution in [0.4, 0.5) is 5.82 Å². The monoisotopic (exact) mass is 315 g/mol. The topological polar surface area (TPSA) is 111 Å². The number of nitrogens with two attached hydrogens (primary N) is 1. The third kappa shape index (κ3) is 3.74. The first-order valence-electron chi connectivity index (χ1n) is 6.72. The van der Waals surface area contributed by atoms with E-state index in [0.717, 1.165) is 10.7 Å². The summed E-state index contributed by atoms with van der Waals surface area (Å²) >= 11 is 0. The molecule has 8 heteroatoms. The van der Waals surface area contributed by atoms with Crippen LogP contribution in [0.2, 0.25) is 0 Å². The van der Waals surface area contributed by atoms with E-state index in [4.69, 9.17) is 10.5 Å². The van der Waals surface area contributed by atoms with Crippen LogP contribution < -0.4 is 11.4 Å². The minimum atomic E-state index is -1.24. The Labute approximate surface area is 123 Å². The van der Waals surface area contributed by atoms with E-state index in [-0.39, 0.29) is 5.82 Å². The van der Waals surface area contributed by atoms with Crippen molar-refractivity contribution in [2.75, 3.05) is 25.2 Å². The molecule has 21 heavy (non-hydrogen) atoms. The van der Waals surface area contributed by atoms with Gasteiger partial charge in [0.2, 0.25) is 0 Å². The summed E-state index contributed by atoms with van der Waals surface area (Å²) in [6.45, 7) is 2.95. The summed E-state index contributed by atoms with van der Waals surface area (Å²) in [4.78, 5) is 15.4. The van der Waals surface area contributed by atoms with Crippen LogP contribution in [0, 0.1) is 0 Å². The molecule has 1 aliphatic heterocycles. The molecule has 0 unspecified atom stereocenters. The first-order valence-corrected chi connectivity index (χ1v) is 9.78. The van der Waals surface area contributed by atoms with Crippen molar-refractivity contribution in [3.63, 3.8) is 0 Å². The van der Waals surface area contributed by atoms with Crippen molar-refractivity contribution in [1.29, 1.82) is 0 Å². The van der Waals surface area contributed by atoms with E-state index >= 15 is 0 Å². The average Bonchev–Trinajstić information content (AvgIpc) is 2.64. The third-order valence-corrected chi connectivity index (χ3v) is 4.95. The number of aliphatic hydroxyl groups excluding tert-OH is 2. The summed E-state index contributed by atoms with van der Waals surface area (Å²) in [5.74, 6) is 0.101. The molecule has 0 amide bonds. The lowest BCUT2D eigenvalue weighted by Crippen LogP contribution is -2.35. The first kappa shape index (κ1) is 16.2. The summed E-state index contributed by atoms with van der Waals surface area (Å²) in [6.07, 6.45) is 3.27. The van der Waals surface area contributed by atoms with E-state index in [0.29, 0.717) is 6.42 Å². The largest absolute Gasteiger partial charge is 0.388 e. The van der Waals surface area contributed by atoms with Gasteiger partial charge in [-0.1, -0.05) is 0 Å². The Morgan fingerprint density at radius 1 is 1.48 bits per heavy atom. The normalized spacial score (nSPS) is 29.7. The fraction of sp³-hybridized carbons (Fsp3) is 0.615. The van der Waals surface area contributed by atoms with Crippen molar-refractivity contribution in [2.45, 2.75) is 31.0 Å². The van der Waals surface area contributed by atoms with E-state index in [1.807, 2.05) is 0 Å². The molecule has 1 aromatic heterocycles. The molecule has 0 bridgehead atoms. The molecule has 118 valence electrons. The summed E-state index contributed by atoms with van der Waals surface area (Å²) < 4.78 is 6.81. The predicted octanol–water partition coefficient (Wildman–Crippen LogP) is -0.456. The zero-order chi connectivity index (χ0) is 15.8. The number of anilines is 1. The average molecular weight is 315 g/mol. The van der Waals surface area contributed by atoms with Gasteiger partial charge in [-0.15, -0.1) is 13.2 Å². The lowest BCUT2D eigenvalue weighted by atomic mass is 10.1. The smallest absolute Gasteiger partial charge is 0.351 e. The van der Waals surface area contributed by atoms with Crippen LogP contribution in [0.5, 0.6) is 0 Å². The van der Waals surface area contributed by atoms with Gasteiger partial charge >= 0.3 is 5.69 Å². The number of hydrogen-bond donors (Lipinski definition) is 3. The molecule has 2 heterocycles. The third-order valence-electron chi connectivity index (χ3n) is 3.48. The van der Waals surface area contributed by atoms with Gasteiger partial charge in [-0.25, -0.2) is 4.79 Å². The van der Waals surface area contributed by atoms with E-state index < -0.39 is 37.1 Å². The Balaban J connectivity index is 2.16. The Morgan fingerprint density at radius 3 is 2.71 bits per heavy atom. The Hall–Kier alpha value is -1.14. The van der Waals surface area contributed by atoms with Gasteiger partial charge in [0.05, 0.1) is 6.10 Å². The SMILES string of the molecule is C=P(C)(C)CC[C@H]1O[C@@H](n2ccc(N)nc2=O)[C@H](O)[C@@H]1O. The summed E-state index contributed by atoms with van der Waals surface area (Å²) in [7, 11) is 0. The zero-order valence-electron chi connectivity index (χ0n) is 12.2. The lowest BCUT2D eigenvalue weighted by molar-refractivity contribution is -0.0401. The van der Waals surface area contributed by atoms with Crippen LogP contribution in [0.3, 0.4) is 0 Å². The molecule has 1 fully saturated rings. The molecule has 2 rings (SSSR count). The molecule has 1 aliphatic rings. The van der Waals surface area contributed by atoms with Crippen molar-refractivity contribution in [1.82, 2.24) is 9.55 Å². The van der Waals surface area contributed by atoms with E-state index in [2.05, 4.69) is 24.6 Å². The van der Waals surface area contributed by atoms with Gasteiger partial charge in [0, 0.05) is 6.20 Å². The second kappa shape index (κ2) is 5.93. The highest BCUT2D eigenvalue weighted by atomic mass is 31.2. The van der Waals surface area contributed by atoms with Crippen molar-refractivity contribution in [3.05, 3.63) is 22.7 Å². The molecular formula is C13H22N3O4P. The maximum Gasteiger partial charge on any atom is 0.351 e. The number of rotatable bonds is 4. The maximum atomic E-state index is 11.8. The van der Waals surface area contributed by atoms with Crippen molar-refractivity contribution >= 4 is 19.0 Å². The van der Waals surface area contributed by atoms with E-state index in [1.54, 1.807) is 0 Å². The summed E-state index contributed by atoms with van der Waals surface area (Å²) in [5, 5.41) is 20.2. The summed E-state index contributed by atoms with van der Waals surface area (Å²) in [5.41, 5.74) is 4.82. The molecule has 1 saturated heterocycles. The molecule has 4 N–H and O–H groups in total. The second-order valence-corrected chi connectivity index (χ2v) is 10.4. The predicted molar refractivity (Wildman–Crippen MR) is 84.2 cm³/mol. The van der Waals surface area contributed by atoms with Crippen LogP contribution in [0.1, 0.15) is 12.6 Å². The fourth-order valence-electron chi connectivity index (χ4n) is 2.29. The molecule has 7 nitrogen and oxygen atoms in total. The number of aliphatic hydroxyl groups is 2. The molecular weight excluding hydrogens is 293 g/mol. The number of nitrogens with zero attached hydrogens (tertiary/aromatic N) is 2. The molecule has 0 aliphatic carbocycles. The van der Waals surface area contributed by atoms with Gasteiger partial charge in [0.15, 0.2) is 6.23 Å². The Bertz CT molecular complexity index is 612. The molecule has 4 atom stereocenters. The van der Waals surface area contributed by atoms with Crippen molar-refractivity contribution < 1.29 is 14.9 Å². The second-order valence-electron chi connectivity index (χ2n) is 6.04. The number of hydrogen-bond acceptors (Lipinski definition) is 6. The number of ether oxygens (including phenoxy) is 1. The number of nitrogen functional groups attached to an aromatic ring is 1. The highest BCUT2D eigenvalue weighted by Gasteiger charge is 2.43. The van der Waals surface area contributed by atoms with Crippen molar-refractivity contribution in [3.8, 4) is 0 Å². The van der Waals surface area contributed by atoms with E-state index in [9.17, 15) is 15.0 Å². The molecule has 0 saturated carbocycles. The number of aromatic nitrogens is 2. The van der Waals surface area contributed by atoms with Gasteiger partial charge in [0.1, 0.15) is 18.0 Å². The fourth-order valence-corrected chi connectivity index (χ4v) is 3.25. The van der Waals surface area contributed by atoms with Gasteiger partial charge in [-0.3, -0.25) is 4.57 Å². The minimum absolute atomic E-state index is 0.101. The highest BCUT2D eigenvalue weighted by molar-refractivity contribution is 7.72. The minimum Gasteiger partial charge on any atom is -0.388 e. The first-order chi connectivity index (χ1) is 9.69. The van der Waals surface area contributed by atoms with Crippen LogP contribution in [0.15, 0.2) is 17.1 Å². The Kier molecular flexibility index (Phi) is 4.58. The zero-order valence-corrected chi connectivity index (χ0v) is 13.1. The standard InChI is InChI=1S/C13H22N3O4P/c1-21(2,3)7-5-8-10(17)11(18)12(20-8)16-6-4-9(14)15-13(16)19/h4,6,8,10-12,17-18H,1,5,7H2,2-3H3,(H2,14,15,19)/t8-,10-,11-,12-/m1/s1. The van der Waals surface area contributed by atoms with Crippen molar-refractivity contribution in [2.24, 2.45) is 0 Å². The van der Waals surface area contributed by atoms with Gasteiger partial charge in [-0.05, 0) is 32.0 Å². The maximum absolute atomic E-state index is 11.8. The van der Waals surface area contributed by atoms with E-state index in [1.165, 1.54) is 12.3 Å². The molecule has 1 aromatic rings. The van der Waals surface area contributed by atoms with Gasteiger partial charge < -0.3 is 20.7 Å².